The van der Waals surface area contributed by atoms with Crippen molar-refractivity contribution >= 4 is 18.7 Å². The van der Waals surface area contributed by atoms with E-state index < -0.39 is 10.1 Å². The third-order valence-corrected chi connectivity index (χ3v) is 4.59. The maximum absolute atomic E-state index is 10.5. The minimum Gasteiger partial charge on any atom is -0.282 e. The fourth-order valence-electron chi connectivity index (χ4n) is 1.14. The summed E-state index contributed by atoms with van der Waals surface area (Å²) in [6.07, 6.45) is 2.80. The predicted octanol–water partition coefficient (Wildman–Crippen LogP) is 3.58. The average molecular weight is 290 g/mol. The Bertz CT molecular complexity index is 424. The smallest absolute Gasteiger partial charge is 0.282 e. The Balaban J connectivity index is 0.000000360. The van der Waals surface area contributed by atoms with Crippen molar-refractivity contribution in [2.45, 2.75) is 32.6 Å². The minimum absolute atomic E-state index is 0.0666. The first-order valence-electron chi connectivity index (χ1n) is 6.02. The van der Waals surface area contributed by atoms with Crippen molar-refractivity contribution in [3.63, 3.8) is 0 Å². The zero-order valence-electron chi connectivity index (χ0n) is 11.5. The molecule has 0 saturated carbocycles. The molecule has 1 atom stereocenters. The summed E-state index contributed by atoms with van der Waals surface area (Å²) in [5.74, 6) is 0.915. The molecule has 1 aromatic carbocycles. The van der Waals surface area contributed by atoms with Gasteiger partial charge >= 0.3 is 0 Å². The molecule has 0 radical (unpaired) electrons. The van der Waals surface area contributed by atoms with Crippen LogP contribution in [0, 0.1) is 12.8 Å². The van der Waals surface area contributed by atoms with E-state index >= 15 is 0 Å². The van der Waals surface area contributed by atoms with E-state index in [1.54, 1.807) is 12.1 Å². The van der Waals surface area contributed by atoms with Crippen LogP contribution < -0.4 is 0 Å². The van der Waals surface area contributed by atoms with Crippen molar-refractivity contribution in [3.8, 4) is 0 Å². The van der Waals surface area contributed by atoms with E-state index in [1.807, 2.05) is 6.92 Å². The quantitative estimate of drug-likeness (QED) is 0.681. The van der Waals surface area contributed by atoms with E-state index in [2.05, 4.69) is 20.8 Å². The molecule has 1 rings (SSSR count). The van der Waals surface area contributed by atoms with Gasteiger partial charge in [0.05, 0.1) is 4.90 Å². The van der Waals surface area contributed by atoms with Crippen molar-refractivity contribution in [3.05, 3.63) is 29.8 Å². The molecule has 0 bridgehead atoms. The SMILES string of the molecule is CCPCC(C)C.Cc1ccc(S(=O)(=O)O)cc1. The van der Waals surface area contributed by atoms with Gasteiger partial charge in [-0.3, -0.25) is 4.55 Å². The molecule has 0 aliphatic rings. The van der Waals surface area contributed by atoms with Crippen molar-refractivity contribution in [1.29, 1.82) is 0 Å². The molecule has 18 heavy (non-hydrogen) atoms. The molecule has 1 aromatic rings. The highest BCUT2D eigenvalue weighted by Crippen LogP contribution is 2.12. The van der Waals surface area contributed by atoms with Gasteiger partial charge < -0.3 is 0 Å². The third-order valence-electron chi connectivity index (χ3n) is 2.12. The van der Waals surface area contributed by atoms with Crippen LogP contribution in [0.5, 0.6) is 0 Å². The molecule has 0 fully saturated rings. The highest BCUT2D eigenvalue weighted by Gasteiger charge is 2.06. The van der Waals surface area contributed by atoms with Gasteiger partial charge in [-0.1, -0.05) is 38.5 Å². The molecule has 0 aromatic heterocycles. The van der Waals surface area contributed by atoms with Gasteiger partial charge in [0.1, 0.15) is 0 Å². The number of rotatable bonds is 4. The van der Waals surface area contributed by atoms with Crippen LogP contribution >= 0.6 is 8.58 Å². The first kappa shape index (κ1) is 17.6. The molecular weight excluding hydrogens is 267 g/mol. The Kier molecular flexibility index (Phi) is 8.41. The van der Waals surface area contributed by atoms with Gasteiger partial charge in [0.25, 0.3) is 10.1 Å². The molecule has 3 nitrogen and oxygen atoms in total. The summed E-state index contributed by atoms with van der Waals surface area (Å²) >= 11 is 0. The minimum atomic E-state index is -4.02. The van der Waals surface area contributed by atoms with E-state index in [0.717, 1.165) is 11.5 Å². The van der Waals surface area contributed by atoms with E-state index in [9.17, 15) is 8.42 Å². The Labute approximate surface area is 113 Å². The van der Waals surface area contributed by atoms with Crippen LogP contribution in [0.4, 0.5) is 0 Å². The molecule has 1 unspecified atom stereocenters. The second-order valence-corrected chi connectivity index (χ2v) is 7.53. The lowest BCUT2D eigenvalue weighted by Gasteiger charge is -1.99. The van der Waals surface area contributed by atoms with Crippen LogP contribution in [-0.4, -0.2) is 25.3 Å². The number of aryl methyl sites for hydroxylation is 1. The van der Waals surface area contributed by atoms with Crippen molar-refractivity contribution in [1.82, 2.24) is 0 Å². The molecular formula is C13H23O3PS. The van der Waals surface area contributed by atoms with Gasteiger partial charge in [-0.05, 0) is 37.3 Å². The van der Waals surface area contributed by atoms with E-state index in [4.69, 9.17) is 4.55 Å². The Morgan fingerprint density at radius 2 is 1.72 bits per heavy atom. The Hall–Kier alpha value is -0.440. The van der Waals surface area contributed by atoms with Gasteiger partial charge in [0, 0.05) is 0 Å². The summed E-state index contributed by atoms with van der Waals surface area (Å²) in [5.41, 5.74) is 0.956. The lowest BCUT2D eigenvalue weighted by molar-refractivity contribution is 0.483. The standard InChI is InChI=1S/C7H8O3S.C6H15P/c1-6-2-4-7(5-3-6)11(8,9)10;1-4-7-5-6(2)3/h2-5H,1H3,(H,8,9,10);6-7H,4-5H2,1-3H3. The predicted molar refractivity (Wildman–Crippen MR) is 79.6 cm³/mol. The lowest BCUT2D eigenvalue weighted by Crippen LogP contribution is -1.96. The van der Waals surface area contributed by atoms with Gasteiger partial charge in [0.15, 0.2) is 0 Å². The molecule has 0 spiro atoms. The topological polar surface area (TPSA) is 54.4 Å². The molecule has 0 aliphatic heterocycles. The Morgan fingerprint density at radius 1 is 1.22 bits per heavy atom. The maximum atomic E-state index is 10.5. The largest absolute Gasteiger partial charge is 0.294 e. The van der Waals surface area contributed by atoms with Gasteiger partial charge in [-0.25, -0.2) is 0 Å². The molecule has 0 aliphatic carbocycles. The maximum Gasteiger partial charge on any atom is 0.294 e. The number of hydrogen-bond acceptors (Lipinski definition) is 2. The van der Waals surface area contributed by atoms with E-state index in [0.29, 0.717) is 0 Å². The van der Waals surface area contributed by atoms with Crippen LogP contribution in [0.15, 0.2) is 29.2 Å². The lowest BCUT2D eigenvalue weighted by atomic mass is 10.2. The average Bonchev–Trinajstić information content (AvgIpc) is 2.26. The van der Waals surface area contributed by atoms with Crippen LogP contribution in [0.3, 0.4) is 0 Å². The van der Waals surface area contributed by atoms with Gasteiger partial charge in [-0.15, -0.1) is 8.58 Å². The highest BCUT2D eigenvalue weighted by molar-refractivity contribution is 7.85. The summed E-state index contributed by atoms with van der Waals surface area (Å²) in [5, 5.41) is 0. The molecule has 0 saturated heterocycles. The van der Waals surface area contributed by atoms with E-state index in [-0.39, 0.29) is 4.90 Å². The summed E-state index contributed by atoms with van der Waals surface area (Å²) in [6.45, 7) is 8.65. The first-order valence-corrected chi connectivity index (χ1v) is 8.87. The van der Waals surface area contributed by atoms with Crippen LogP contribution in [0.25, 0.3) is 0 Å². The normalized spacial score (nSPS) is 11.7. The highest BCUT2D eigenvalue weighted by atomic mass is 32.2. The molecule has 0 amide bonds. The zero-order chi connectivity index (χ0) is 14.2. The zero-order valence-corrected chi connectivity index (χ0v) is 13.3. The van der Waals surface area contributed by atoms with Crippen LogP contribution in [0.2, 0.25) is 0 Å². The van der Waals surface area contributed by atoms with Crippen LogP contribution in [-0.2, 0) is 10.1 Å². The third kappa shape index (κ3) is 8.62. The summed E-state index contributed by atoms with van der Waals surface area (Å²) < 4.78 is 29.6. The fraction of sp³-hybridized carbons (Fsp3) is 0.538. The second-order valence-electron chi connectivity index (χ2n) is 4.49. The summed E-state index contributed by atoms with van der Waals surface area (Å²) in [4.78, 5) is -0.0666. The molecule has 104 valence electrons. The van der Waals surface area contributed by atoms with Crippen LogP contribution in [0.1, 0.15) is 26.3 Å². The second kappa shape index (κ2) is 8.63. The molecule has 5 heteroatoms. The number of hydrogen-bond donors (Lipinski definition) is 1. The van der Waals surface area contributed by atoms with Gasteiger partial charge in [0.2, 0.25) is 0 Å². The van der Waals surface area contributed by atoms with Crippen molar-refractivity contribution in [2.75, 3.05) is 12.3 Å². The number of benzene rings is 1. The van der Waals surface area contributed by atoms with Crippen molar-refractivity contribution in [2.24, 2.45) is 5.92 Å². The fourth-order valence-corrected chi connectivity index (χ4v) is 2.49. The monoisotopic (exact) mass is 290 g/mol. The summed E-state index contributed by atoms with van der Waals surface area (Å²) in [6, 6.07) is 5.99. The first-order chi connectivity index (χ1) is 8.27. The molecule has 1 N–H and O–H groups in total. The van der Waals surface area contributed by atoms with Crippen molar-refractivity contribution < 1.29 is 13.0 Å². The summed E-state index contributed by atoms with van der Waals surface area (Å²) in [7, 11) is -2.82. The Morgan fingerprint density at radius 3 is 2.00 bits per heavy atom. The van der Waals surface area contributed by atoms with E-state index in [1.165, 1.54) is 33.0 Å². The van der Waals surface area contributed by atoms with Gasteiger partial charge in [-0.2, -0.15) is 8.42 Å². The molecule has 0 heterocycles.